The summed E-state index contributed by atoms with van der Waals surface area (Å²) in [6, 6.07) is 5.84. The number of aryl methyl sites for hydroxylation is 1. The second-order valence-corrected chi connectivity index (χ2v) is 6.46. The summed E-state index contributed by atoms with van der Waals surface area (Å²) < 4.78 is 26.1. The van der Waals surface area contributed by atoms with E-state index in [0.29, 0.717) is 17.9 Å². The van der Waals surface area contributed by atoms with Crippen LogP contribution in [0.1, 0.15) is 18.3 Å². The molecule has 0 radical (unpaired) electrons. The van der Waals surface area contributed by atoms with Crippen molar-refractivity contribution in [3.05, 3.63) is 42.0 Å². The van der Waals surface area contributed by atoms with E-state index in [-0.39, 0.29) is 17.1 Å². The molecule has 1 heterocycles. The Kier molecular flexibility index (Phi) is 4.37. The lowest BCUT2D eigenvalue weighted by Gasteiger charge is -2.06. The van der Waals surface area contributed by atoms with Gasteiger partial charge in [-0.3, -0.25) is 4.79 Å². The largest absolute Gasteiger partial charge is 0.481 e. The van der Waals surface area contributed by atoms with E-state index in [1.54, 1.807) is 0 Å². The normalized spacial score (nSPS) is 11.5. The van der Waals surface area contributed by atoms with Gasteiger partial charge in [0.15, 0.2) is 9.84 Å². The van der Waals surface area contributed by atoms with E-state index in [2.05, 4.69) is 10.1 Å². The maximum absolute atomic E-state index is 12.3. The van der Waals surface area contributed by atoms with Gasteiger partial charge in [0.1, 0.15) is 17.9 Å². The second kappa shape index (κ2) is 6.04. The van der Waals surface area contributed by atoms with Crippen molar-refractivity contribution in [1.29, 1.82) is 0 Å². The van der Waals surface area contributed by atoms with Crippen LogP contribution in [0.3, 0.4) is 0 Å². The number of aromatic nitrogens is 3. The summed E-state index contributed by atoms with van der Waals surface area (Å²) in [6.07, 6.45) is 1.19. The van der Waals surface area contributed by atoms with Crippen molar-refractivity contribution < 1.29 is 18.3 Å². The third-order valence-corrected chi connectivity index (χ3v) is 4.58. The molecule has 8 heteroatoms. The van der Waals surface area contributed by atoms with Gasteiger partial charge >= 0.3 is 5.97 Å². The first kappa shape index (κ1) is 15.2. The Morgan fingerprint density at radius 3 is 2.52 bits per heavy atom. The lowest BCUT2D eigenvalue weighted by Crippen LogP contribution is -2.11. The number of carboxylic acid groups (broad SMARTS) is 1. The van der Waals surface area contributed by atoms with Gasteiger partial charge in [-0.25, -0.2) is 18.1 Å². The molecule has 2 aromatic rings. The van der Waals surface area contributed by atoms with Crippen LogP contribution < -0.4 is 0 Å². The molecule has 1 aromatic carbocycles. The van der Waals surface area contributed by atoms with Crippen LogP contribution in [-0.2, 0) is 33.4 Å². The Bertz CT molecular complexity index is 735. The topological polar surface area (TPSA) is 102 Å². The molecule has 1 N–H and O–H groups in total. The van der Waals surface area contributed by atoms with Gasteiger partial charge in [0, 0.05) is 6.54 Å². The van der Waals surface area contributed by atoms with Crippen LogP contribution in [0.4, 0.5) is 0 Å². The van der Waals surface area contributed by atoms with E-state index in [9.17, 15) is 13.2 Å². The van der Waals surface area contributed by atoms with Gasteiger partial charge in [-0.2, -0.15) is 5.10 Å². The quantitative estimate of drug-likeness (QED) is 0.850. The van der Waals surface area contributed by atoms with Crippen molar-refractivity contribution in [2.45, 2.75) is 30.5 Å². The highest BCUT2D eigenvalue weighted by atomic mass is 32.2. The lowest BCUT2D eigenvalue weighted by molar-refractivity contribution is -0.136. The third-order valence-electron chi connectivity index (χ3n) is 2.95. The first-order valence-electron chi connectivity index (χ1n) is 6.32. The van der Waals surface area contributed by atoms with Crippen LogP contribution in [0, 0.1) is 0 Å². The molecular formula is C13H15N3O4S. The van der Waals surface area contributed by atoms with Crippen LogP contribution in [0.2, 0.25) is 0 Å². The molecule has 21 heavy (non-hydrogen) atoms. The Morgan fingerprint density at radius 2 is 1.95 bits per heavy atom. The third kappa shape index (κ3) is 3.66. The highest BCUT2D eigenvalue weighted by Crippen LogP contribution is 2.16. The summed E-state index contributed by atoms with van der Waals surface area (Å²) in [5.74, 6) is -0.812. The van der Waals surface area contributed by atoms with Crippen molar-refractivity contribution in [2.24, 2.45) is 0 Å². The zero-order chi connectivity index (χ0) is 15.5. The fourth-order valence-electron chi connectivity index (χ4n) is 1.91. The number of aliphatic carboxylic acids is 1. The van der Waals surface area contributed by atoms with Gasteiger partial charge in [0.05, 0.1) is 11.3 Å². The smallest absolute Gasteiger partial charge is 0.307 e. The predicted molar refractivity (Wildman–Crippen MR) is 74.4 cm³/mol. The molecule has 112 valence electrons. The monoisotopic (exact) mass is 309 g/mol. The minimum absolute atomic E-state index is 0.134. The molecule has 1 aromatic heterocycles. The van der Waals surface area contributed by atoms with Crippen molar-refractivity contribution in [1.82, 2.24) is 14.8 Å². The van der Waals surface area contributed by atoms with Crippen molar-refractivity contribution in [2.75, 3.05) is 0 Å². The standard InChI is InChI=1S/C13H15N3O4S/c1-2-16-12(14-9-15-16)8-21(19,20)11-5-3-10(4-6-11)7-13(17)18/h3-6,9H,2,7-8H2,1H3,(H,17,18). The summed E-state index contributed by atoms with van der Waals surface area (Å²) in [5, 5.41) is 12.6. The molecule has 0 saturated heterocycles. The van der Waals surface area contributed by atoms with Crippen LogP contribution in [0.5, 0.6) is 0 Å². The number of nitrogens with zero attached hydrogens (tertiary/aromatic N) is 3. The molecule has 0 aliphatic heterocycles. The fraction of sp³-hybridized carbons (Fsp3) is 0.308. The molecule has 0 saturated carbocycles. The van der Waals surface area contributed by atoms with E-state index >= 15 is 0 Å². The predicted octanol–water partition coefficient (Wildman–Crippen LogP) is 0.899. The minimum Gasteiger partial charge on any atom is -0.481 e. The minimum atomic E-state index is -3.53. The first-order chi connectivity index (χ1) is 9.92. The number of carboxylic acids is 1. The molecule has 0 atom stereocenters. The number of hydrogen-bond acceptors (Lipinski definition) is 5. The highest BCUT2D eigenvalue weighted by Gasteiger charge is 2.18. The van der Waals surface area contributed by atoms with Crippen molar-refractivity contribution >= 4 is 15.8 Å². The van der Waals surface area contributed by atoms with Crippen LogP contribution in [0.25, 0.3) is 0 Å². The zero-order valence-electron chi connectivity index (χ0n) is 11.4. The highest BCUT2D eigenvalue weighted by molar-refractivity contribution is 7.90. The summed E-state index contributed by atoms with van der Waals surface area (Å²) in [4.78, 5) is 14.7. The van der Waals surface area contributed by atoms with E-state index < -0.39 is 15.8 Å². The maximum Gasteiger partial charge on any atom is 0.307 e. The van der Waals surface area contributed by atoms with Gasteiger partial charge in [-0.15, -0.1) is 0 Å². The molecule has 0 aliphatic carbocycles. The number of rotatable bonds is 6. The lowest BCUT2D eigenvalue weighted by atomic mass is 10.2. The summed E-state index contributed by atoms with van der Waals surface area (Å²) in [6.45, 7) is 2.40. The van der Waals surface area contributed by atoms with Gasteiger partial charge in [-0.05, 0) is 24.6 Å². The molecule has 0 spiro atoms. The van der Waals surface area contributed by atoms with Gasteiger partial charge < -0.3 is 5.11 Å². The van der Waals surface area contributed by atoms with E-state index in [1.807, 2.05) is 6.92 Å². The number of carbonyl (C=O) groups is 1. The molecule has 0 bridgehead atoms. The summed E-state index contributed by atoms with van der Waals surface area (Å²) in [5.41, 5.74) is 0.554. The zero-order valence-corrected chi connectivity index (χ0v) is 12.2. The van der Waals surface area contributed by atoms with E-state index in [4.69, 9.17) is 5.11 Å². The Labute approximate surface area is 122 Å². The summed E-state index contributed by atoms with van der Waals surface area (Å²) >= 11 is 0. The molecule has 0 aliphatic rings. The average Bonchev–Trinajstić information content (AvgIpc) is 2.85. The van der Waals surface area contributed by atoms with E-state index in [1.165, 1.54) is 35.3 Å². The first-order valence-corrected chi connectivity index (χ1v) is 7.98. The molecular weight excluding hydrogens is 294 g/mol. The Balaban J connectivity index is 2.21. The van der Waals surface area contributed by atoms with Crippen molar-refractivity contribution in [3.63, 3.8) is 0 Å². The van der Waals surface area contributed by atoms with Crippen LogP contribution >= 0.6 is 0 Å². The number of benzene rings is 1. The molecule has 0 unspecified atom stereocenters. The number of hydrogen-bond donors (Lipinski definition) is 1. The van der Waals surface area contributed by atoms with Crippen molar-refractivity contribution in [3.8, 4) is 0 Å². The van der Waals surface area contributed by atoms with Gasteiger partial charge in [0.2, 0.25) is 0 Å². The number of sulfone groups is 1. The molecule has 7 nitrogen and oxygen atoms in total. The SMILES string of the molecule is CCn1ncnc1CS(=O)(=O)c1ccc(CC(=O)O)cc1. The fourth-order valence-corrected chi connectivity index (χ4v) is 3.19. The van der Waals surface area contributed by atoms with Crippen LogP contribution in [-0.4, -0.2) is 34.3 Å². The second-order valence-electron chi connectivity index (χ2n) is 4.47. The average molecular weight is 309 g/mol. The maximum atomic E-state index is 12.3. The Morgan fingerprint density at radius 1 is 1.29 bits per heavy atom. The Hall–Kier alpha value is -2.22. The van der Waals surface area contributed by atoms with Gasteiger partial charge in [0.25, 0.3) is 0 Å². The molecule has 0 fully saturated rings. The van der Waals surface area contributed by atoms with E-state index in [0.717, 1.165) is 0 Å². The van der Waals surface area contributed by atoms with Crippen LogP contribution in [0.15, 0.2) is 35.5 Å². The molecule has 0 amide bonds. The molecule has 2 rings (SSSR count). The summed E-state index contributed by atoms with van der Waals surface area (Å²) in [7, 11) is -3.53. The van der Waals surface area contributed by atoms with Gasteiger partial charge in [-0.1, -0.05) is 12.1 Å².